The van der Waals surface area contributed by atoms with Crippen molar-refractivity contribution in [3.05, 3.63) is 224 Å². The van der Waals surface area contributed by atoms with Crippen molar-refractivity contribution in [1.82, 2.24) is 23.5 Å². The van der Waals surface area contributed by atoms with Crippen molar-refractivity contribution >= 4 is 78.5 Å². The SMILES string of the molecule is CC(C)(C)c1ccnc(-n2c3ccc([Si](c4ccccc4)(c4ccccc4)c4ccccc4)cc3c3ccc(Oc4cccc(-n5c6ccccc6n6c7ccccc7nc56)c4)cc32)c1. The summed E-state index contributed by atoms with van der Waals surface area (Å²) in [5, 5.41) is 7.64. The second-order valence-corrected chi connectivity index (χ2v) is 21.7. The Bertz CT molecular complexity index is 3640. The van der Waals surface area contributed by atoms with Crippen LogP contribution in [0.2, 0.25) is 0 Å². The highest BCUT2D eigenvalue weighted by Gasteiger charge is 2.41. The van der Waals surface area contributed by atoms with Gasteiger partial charge in [-0.1, -0.05) is 154 Å². The molecule has 312 valence electrons. The van der Waals surface area contributed by atoms with Gasteiger partial charge in [0, 0.05) is 29.1 Å². The molecule has 12 rings (SSSR count). The van der Waals surface area contributed by atoms with E-state index in [0.717, 1.165) is 67.3 Å². The maximum atomic E-state index is 6.86. The van der Waals surface area contributed by atoms with Crippen LogP contribution >= 0.6 is 0 Å². The van der Waals surface area contributed by atoms with Crippen LogP contribution in [0.3, 0.4) is 0 Å². The number of pyridine rings is 1. The van der Waals surface area contributed by atoms with Crippen LogP contribution in [0, 0.1) is 0 Å². The first-order valence-electron chi connectivity index (χ1n) is 22.2. The molecule has 0 fully saturated rings. The number of benzene rings is 8. The molecule has 7 heteroatoms. The van der Waals surface area contributed by atoms with Gasteiger partial charge in [-0.15, -0.1) is 0 Å². The average Bonchev–Trinajstić information content (AvgIpc) is 3.99. The van der Waals surface area contributed by atoms with E-state index in [1.165, 1.54) is 31.7 Å². The lowest BCUT2D eigenvalue weighted by molar-refractivity contribution is 0.483. The summed E-state index contributed by atoms with van der Waals surface area (Å²) in [6.07, 6.45) is 1.94. The van der Waals surface area contributed by atoms with Crippen molar-refractivity contribution in [2.75, 3.05) is 0 Å². The summed E-state index contributed by atoms with van der Waals surface area (Å²) in [4.78, 5) is 10.2. The summed E-state index contributed by atoms with van der Waals surface area (Å²) in [7, 11) is -2.80. The van der Waals surface area contributed by atoms with Crippen LogP contribution in [-0.2, 0) is 5.41 Å². The Labute approximate surface area is 378 Å². The van der Waals surface area contributed by atoms with E-state index in [4.69, 9.17) is 14.7 Å². The van der Waals surface area contributed by atoms with Crippen LogP contribution in [-0.4, -0.2) is 31.6 Å². The molecule has 4 heterocycles. The molecule has 0 spiro atoms. The van der Waals surface area contributed by atoms with Crippen molar-refractivity contribution in [3.8, 4) is 23.0 Å². The van der Waals surface area contributed by atoms with Gasteiger partial charge in [0.15, 0.2) is 8.07 Å². The molecule has 0 radical (unpaired) electrons. The van der Waals surface area contributed by atoms with Crippen LogP contribution in [0.25, 0.3) is 61.2 Å². The highest BCUT2D eigenvalue weighted by atomic mass is 28.3. The van der Waals surface area contributed by atoms with E-state index in [-0.39, 0.29) is 5.41 Å². The minimum Gasteiger partial charge on any atom is -0.457 e. The first-order valence-corrected chi connectivity index (χ1v) is 24.2. The van der Waals surface area contributed by atoms with Crippen LogP contribution in [0.5, 0.6) is 11.5 Å². The van der Waals surface area contributed by atoms with Crippen molar-refractivity contribution in [3.63, 3.8) is 0 Å². The maximum absolute atomic E-state index is 6.86. The average molecular weight is 856 g/mol. The van der Waals surface area contributed by atoms with E-state index in [0.29, 0.717) is 0 Å². The molecule has 0 atom stereocenters. The number of nitrogens with zero attached hydrogens (tertiary/aromatic N) is 5. The fourth-order valence-electron chi connectivity index (χ4n) is 10.0. The molecular formula is C58H45N5OSi. The molecule has 0 bridgehead atoms. The smallest absolute Gasteiger partial charge is 0.220 e. The van der Waals surface area contributed by atoms with Gasteiger partial charge < -0.3 is 4.74 Å². The number of fused-ring (bicyclic) bond motifs is 8. The zero-order valence-corrected chi connectivity index (χ0v) is 37.4. The van der Waals surface area contributed by atoms with E-state index in [2.05, 4.69) is 234 Å². The predicted molar refractivity (Wildman–Crippen MR) is 270 cm³/mol. The third-order valence-corrected chi connectivity index (χ3v) is 17.8. The van der Waals surface area contributed by atoms with E-state index >= 15 is 0 Å². The minimum absolute atomic E-state index is 0.0606. The molecule has 0 N–H and O–H groups in total. The molecule has 0 amide bonds. The standard InChI is InChI=1S/C58H45N5OSi/c1-58(2,3)40-34-35-59-56(36-40)62-51-33-31-47(65(44-20-7-4-8-21-44,45-22-9-5-10-23-45)46-24-11-6-12-25-46)39-49(51)48-32-30-43(38-55(48)62)64-42-19-17-18-41(37-42)61-53-28-15-16-29-54(53)63-52-27-14-13-26-50(52)60-57(61)63/h4-39H,1-3H3. The summed E-state index contributed by atoms with van der Waals surface area (Å²) in [5.41, 5.74) is 8.47. The molecule has 6 nitrogen and oxygen atoms in total. The Kier molecular flexibility index (Phi) is 8.96. The first-order chi connectivity index (χ1) is 31.9. The van der Waals surface area contributed by atoms with Gasteiger partial charge in [-0.2, -0.15) is 0 Å². The number of hydrogen-bond donors (Lipinski definition) is 0. The molecule has 12 aromatic rings. The fourth-order valence-corrected chi connectivity index (χ4v) is 14.8. The van der Waals surface area contributed by atoms with Gasteiger partial charge in [0.05, 0.1) is 38.8 Å². The second-order valence-electron chi connectivity index (χ2n) is 17.9. The lowest BCUT2D eigenvalue weighted by atomic mass is 9.88. The molecule has 0 saturated heterocycles. The Morgan fingerprint density at radius 2 is 1.08 bits per heavy atom. The maximum Gasteiger partial charge on any atom is 0.220 e. The first kappa shape index (κ1) is 38.7. The van der Waals surface area contributed by atoms with E-state index < -0.39 is 8.07 Å². The van der Waals surface area contributed by atoms with Gasteiger partial charge in [-0.3, -0.25) is 13.5 Å². The zero-order chi connectivity index (χ0) is 43.7. The van der Waals surface area contributed by atoms with Gasteiger partial charge in [0.25, 0.3) is 0 Å². The monoisotopic (exact) mass is 855 g/mol. The molecule has 4 aromatic heterocycles. The van der Waals surface area contributed by atoms with Gasteiger partial charge in [-0.25, -0.2) is 9.97 Å². The molecule has 0 saturated carbocycles. The predicted octanol–water partition coefficient (Wildman–Crippen LogP) is 11.4. The normalized spacial score (nSPS) is 12.2. The number of para-hydroxylation sites is 4. The van der Waals surface area contributed by atoms with Crippen LogP contribution in [0.15, 0.2) is 219 Å². The number of rotatable bonds is 8. The van der Waals surface area contributed by atoms with Crippen LogP contribution < -0.4 is 25.5 Å². The van der Waals surface area contributed by atoms with E-state index in [1.807, 2.05) is 18.3 Å². The summed E-state index contributed by atoms with van der Waals surface area (Å²) in [5.74, 6) is 3.20. The Hall–Kier alpha value is -8.00. The summed E-state index contributed by atoms with van der Waals surface area (Å²) >= 11 is 0. The molecule has 8 aromatic carbocycles. The lowest BCUT2D eigenvalue weighted by Gasteiger charge is -2.34. The summed E-state index contributed by atoms with van der Waals surface area (Å²) in [6.45, 7) is 6.76. The van der Waals surface area contributed by atoms with Crippen LogP contribution in [0.4, 0.5) is 0 Å². The Morgan fingerprint density at radius 1 is 0.446 bits per heavy atom. The number of aromatic nitrogens is 5. The summed E-state index contributed by atoms with van der Waals surface area (Å²) in [6, 6.07) is 76.4. The third-order valence-electron chi connectivity index (χ3n) is 13.0. The number of hydrogen-bond acceptors (Lipinski definition) is 3. The molecular weight excluding hydrogens is 811 g/mol. The quantitative estimate of drug-likeness (QED) is 0.113. The summed E-state index contributed by atoms with van der Waals surface area (Å²) < 4.78 is 13.6. The van der Waals surface area contributed by atoms with Crippen molar-refractivity contribution in [2.45, 2.75) is 26.2 Å². The van der Waals surface area contributed by atoms with Gasteiger partial charge in [0.2, 0.25) is 5.78 Å². The molecule has 65 heavy (non-hydrogen) atoms. The topological polar surface area (TPSA) is 49.3 Å². The Balaban J connectivity index is 1.05. The Morgan fingerprint density at radius 3 is 1.77 bits per heavy atom. The van der Waals surface area contributed by atoms with Crippen molar-refractivity contribution < 1.29 is 4.74 Å². The third kappa shape index (κ3) is 6.22. The molecule has 0 aliphatic heterocycles. The lowest BCUT2D eigenvalue weighted by Crippen LogP contribution is -2.74. The highest BCUT2D eigenvalue weighted by molar-refractivity contribution is 7.20. The fraction of sp³-hybridized carbons (Fsp3) is 0.0690. The van der Waals surface area contributed by atoms with Gasteiger partial charge in [0.1, 0.15) is 17.3 Å². The van der Waals surface area contributed by atoms with Gasteiger partial charge in [-0.05, 0) is 98.5 Å². The largest absolute Gasteiger partial charge is 0.457 e. The zero-order valence-electron chi connectivity index (χ0n) is 36.4. The van der Waals surface area contributed by atoms with E-state index in [1.54, 1.807) is 0 Å². The van der Waals surface area contributed by atoms with Crippen molar-refractivity contribution in [1.29, 1.82) is 0 Å². The minimum atomic E-state index is -2.80. The van der Waals surface area contributed by atoms with Crippen molar-refractivity contribution in [2.24, 2.45) is 0 Å². The number of imidazole rings is 2. The molecule has 0 aliphatic carbocycles. The molecule has 0 unspecified atom stereocenters. The molecule has 0 aliphatic rings. The van der Waals surface area contributed by atoms with E-state index in [9.17, 15) is 0 Å². The number of ether oxygens (including phenoxy) is 1. The van der Waals surface area contributed by atoms with Crippen LogP contribution in [0.1, 0.15) is 26.3 Å². The highest BCUT2D eigenvalue weighted by Crippen LogP contribution is 2.37. The van der Waals surface area contributed by atoms with Gasteiger partial charge >= 0.3 is 0 Å². The second kappa shape index (κ2) is 15.1.